The first-order valence-electron chi connectivity index (χ1n) is 10.6. The van der Waals surface area contributed by atoms with E-state index in [9.17, 15) is 17.6 Å². The molecule has 2 unspecified atom stereocenters. The topological polar surface area (TPSA) is 112 Å². The van der Waals surface area contributed by atoms with Crippen molar-refractivity contribution in [1.82, 2.24) is 15.0 Å². The maximum atomic E-state index is 13.3. The Morgan fingerprint density at radius 3 is 2.47 bits per heavy atom. The molecule has 10 heteroatoms. The molecule has 2 atom stereocenters. The summed E-state index contributed by atoms with van der Waals surface area (Å²) in [4.78, 5) is 17.0. The van der Waals surface area contributed by atoms with Crippen molar-refractivity contribution < 1.29 is 17.6 Å². The highest BCUT2D eigenvalue weighted by Crippen LogP contribution is 2.57. The van der Waals surface area contributed by atoms with E-state index in [4.69, 9.17) is 5.26 Å². The number of amides is 1. The number of hydrogen-bond donors (Lipinski definition) is 2. The molecule has 0 radical (unpaired) electrons. The Hall–Kier alpha value is -2.35. The fourth-order valence-electron chi connectivity index (χ4n) is 6.41. The van der Waals surface area contributed by atoms with E-state index in [1.54, 1.807) is 5.38 Å². The van der Waals surface area contributed by atoms with Gasteiger partial charge < -0.3 is 5.32 Å². The Morgan fingerprint density at radius 2 is 1.84 bits per heavy atom. The van der Waals surface area contributed by atoms with Crippen LogP contribution in [0.1, 0.15) is 49.2 Å². The van der Waals surface area contributed by atoms with Crippen LogP contribution in [0.5, 0.6) is 0 Å². The van der Waals surface area contributed by atoms with Crippen LogP contribution in [-0.2, 0) is 21.2 Å². The summed E-state index contributed by atoms with van der Waals surface area (Å²) < 4.78 is 42.4. The molecule has 2 aromatic rings. The second-order valence-corrected chi connectivity index (χ2v) is 12.2. The zero-order chi connectivity index (χ0) is 22.6. The van der Waals surface area contributed by atoms with Gasteiger partial charge in [0.05, 0.1) is 11.3 Å². The highest BCUT2D eigenvalue weighted by molar-refractivity contribution is 7.89. The van der Waals surface area contributed by atoms with Gasteiger partial charge in [0.1, 0.15) is 16.9 Å². The van der Waals surface area contributed by atoms with Gasteiger partial charge in [-0.25, -0.2) is 22.5 Å². The summed E-state index contributed by atoms with van der Waals surface area (Å²) in [5, 5.41) is 14.4. The fourth-order valence-corrected chi connectivity index (χ4v) is 8.55. The van der Waals surface area contributed by atoms with Crippen LogP contribution < -0.4 is 10.0 Å². The summed E-state index contributed by atoms with van der Waals surface area (Å²) in [6, 6.07) is 6.82. The Kier molecular flexibility index (Phi) is 5.11. The number of nitrogens with zero attached hydrogens (tertiary/aromatic N) is 2. The third kappa shape index (κ3) is 4.05. The zero-order valence-electron chi connectivity index (χ0n) is 17.3. The summed E-state index contributed by atoms with van der Waals surface area (Å²) in [6.45, 7) is 0. The first kappa shape index (κ1) is 21.5. The number of thiazole rings is 1. The molecule has 7 nitrogen and oxygen atoms in total. The lowest BCUT2D eigenvalue weighted by molar-refractivity contribution is -0.127. The lowest BCUT2D eigenvalue weighted by atomic mass is 9.50. The second-order valence-electron chi connectivity index (χ2n) is 9.54. The summed E-state index contributed by atoms with van der Waals surface area (Å²) in [5.74, 6) is 0.0555. The predicted molar refractivity (Wildman–Crippen MR) is 116 cm³/mol. The van der Waals surface area contributed by atoms with Crippen LogP contribution in [0.4, 0.5) is 4.39 Å². The monoisotopic (exact) mass is 474 g/mol. The second kappa shape index (κ2) is 7.61. The Balaban J connectivity index is 1.35. The van der Waals surface area contributed by atoms with Crippen molar-refractivity contribution in [3.63, 3.8) is 0 Å². The van der Waals surface area contributed by atoms with Crippen molar-refractivity contribution in [1.29, 1.82) is 5.26 Å². The van der Waals surface area contributed by atoms with Crippen molar-refractivity contribution >= 4 is 27.3 Å². The number of hydrogen-bond acceptors (Lipinski definition) is 6. The van der Waals surface area contributed by atoms with E-state index < -0.39 is 26.9 Å². The van der Waals surface area contributed by atoms with Crippen LogP contribution in [0.2, 0.25) is 0 Å². The molecule has 1 heterocycles. The average molecular weight is 475 g/mol. The highest BCUT2D eigenvalue weighted by Gasteiger charge is 2.59. The van der Waals surface area contributed by atoms with Crippen molar-refractivity contribution in [2.75, 3.05) is 0 Å². The molecule has 32 heavy (non-hydrogen) atoms. The van der Waals surface area contributed by atoms with E-state index in [0.29, 0.717) is 29.0 Å². The molecule has 4 fully saturated rings. The number of rotatable bonds is 6. The normalized spacial score (nSPS) is 30.8. The Bertz CT molecular complexity index is 1190. The van der Waals surface area contributed by atoms with Crippen LogP contribution in [0, 0.1) is 29.0 Å². The van der Waals surface area contributed by atoms with E-state index in [2.05, 4.69) is 15.0 Å². The Morgan fingerprint density at radius 1 is 1.19 bits per heavy atom. The molecule has 168 valence electrons. The maximum Gasteiger partial charge on any atom is 0.241 e. The first-order valence-corrected chi connectivity index (χ1v) is 13.0. The third-order valence-corrected chi connectivity index (χ3v) is 9.36. The number of carbonyl (C=O) groups is 1. The average Bonchev–Trinajstić information content (AvgIpc) is 3.13. The van der Waals surface area contributed by atoms with Crippen molar-refractivity contribution in [2.45, 2.75) is 60.9 Å². The molecule has 1 amide bonds. The van der Waals surface area contributed by atoms with E-state index in [1.165, 1.54) is 23.5 Å². The smallest absolute Gasteiger partial charge is 0.241 e. The van der Waals surface area contributed by atoms with Crippen LogP contribution in [0.15, 0.2) is 34.5 Å². The molecule has 6 rings (SSSR count). The molecule has 0 spiro atoms. The SMILES string of the molecule is N#Cc1csc(CC(=O)NC23CC4CC(C2)CC(NS(=O)(=O)c2ccc(F)cc2)(C4)C3)n1. The van der Waals surface area contributed by atoms with Crippen molar-refractivity contribution in [2.24, 2.45) is 11.8 Å². The number of aromatic nitrogens is 1. The van der Waals surface area contributed by atoms with Gasteiger partial charge in [0.25, 0.3) is 0 Å². The number of halogens is 1. The van der Waals surface area contributed by atoms with Gasteiger partial charge in [-0.15, -0.1) is 11.3 Å². The molecule has 0 saturated heterocycles. The number of carbonyl (C=O) groups excluding carboxylic acids is 1. The largest absolute Gasteiger partial charge is 0.350 e. The minimum atomic E-state index is -3.81. The number of nitriles is 1. The molecule has 2 N–H and O–H groups in total. The van der Waals surface area contributed by atoms with Crippen molar-refractivity contribution in [3.8, 4) is 6.07 Å². The van der Waals surface area contributed by atoms with Gasteiger partial charge in [-0.05, 0) is 74.6 Å². The molecule has 1 aromatic carbocycles. The molecule has 4 bridgehead atoms. The molecule has 4 saturated carbocycles. The van der Waals surface area contributed by atoms with E-state index in [1.807, 2.05) is 6.07 Å². The standard InChI is InChI=1S/C22H23FN4O3S2/c23-16-1-3-18(4-2-16)32(29,30)27-22-9-14-5-15(10-22)8-21(7-14,13-22)26-19(28)6-20-25-17(11-24)12-31-20/h1-4,12,14-15,27H,5-10,13H2,(H,26,28). The summed E-state index contributed by atoms with van der Waals surface area (Å²) in [7, 11) is -3.81. The lowest BCUT2D eigenvalue weighted by Gasteiger charge is -2.62. The van der Waals surface area contributed by atoms with E-state index in [0.717, 1.165) is 44.2 Å². The maximum absolute atomic E-state index is 13.3. The van der Waals surface area contributed by atoms with Gasteiger partial charge in [-0.1, -0.05) is 0 Å². The highest BCUT2D eigenvalue weighted by atomic mass is 32.2. The molecule has 1 aromatic heterocycles. The summed E-state index contributed by atoms with van der Waals surface area (Å²) >= 11 is 1.29. The van der Waals surface area contributed by atoms with Crippen LogP contribution in [0.3, 0.4) is 0 Å². The first-order chi connectivity index (χ1) is 15.2. The van der Waals surface area contributed by atoms with Gasteiger partial charge in [0.15, 0.2) is 5.69 Å². The molecule has 0 aliphatic heterocycles. The van der Waals surface area contributed by atoms with Gasteiger partial charge in [-0.3, -0.25) is 4.79 Å². The van der Waals surface area contributed by atoms with Crippen LogP contribution in [-0.4, -0.2) is 30.4 Å². The van der Waals surface area contributed by atoms with Crippen LogP contribution >= 0.6 is 11.3 Å². The van der Waals surface area contributed by atoms with Gasteiger partial charge >= 0.3 is 0 Å². The molecular weight excluding hydrogens is 451 g/mol. The minimum Gasteiger partial charge on any atom is -0.350 e. The Labute approximate surface area is 190 Å². The summed E-state index contributed by atoms with van der Waals surface area (Å²) in [5.41, 5.74) is -0.747. The predicted octanol–water partition coefficient (Wildman–Crippen LogP) is 2.88. The zero-order valence-corrected chi connectivity index (χ0v) is 18.9. The number of benzene rings is 1. The van der Waals surface area contributed by atoms with E-state index in [-0.39, 0.29) is 17.2 Å². The number of sulfonamides is 1. The van der Waals surface area contributed by atoms with E-state index >= 15 is 0 Å². The minimum absolute atomic E-state index is 0.0461. The quantitative estimate of drug-likeness (QED) is 0.669. The van der Waals surface area contributed by atoms with Crippen LogP contribution in [0.25, 0.3) is 0 Å². The molecule has 4 aliphatic rings. The summed E-state index contributed by atoms with van der Waals surface area (Å²) in [6.07, 6.45) is 4.89. The lowest BCUT2D eigenvalue weighted by Crippen LogP contribution is -2.69. The fraction of sp³-hybridized carbons (Fsp3) is 0.500. The van der Waals surface area contributed by atoms with Gasteiger partial charge in [-0.2, -0.15) is 5.26 Å². The molecular formula is C22H23FN4O3S2. The van der Waals surface area contributed by atoms with Gasteiger partial charge in [0.2, 0.25) is 15.9 Å². The third-order valence-electron chi connectivity index (χ3n) is 6.92. The van der Waals surface area contributed by atoms with Gasteiger partial charge in [0, 0.05) is 16.5 Å². The molecule has 4 aliphatic carbocycles. The van der Waals surface area contributed by atoms with Crippen molar-refractivity contribution in [3.05, 3.63) is 46.2 Å². The number of nitrogens with one attached hydrogen (secondary N) is 2.